The molecule has 1 aliphatic heterocycles. The van der Waals surface area contributed by atoms with Gasteiger partial charge in [0.2, 0.25) is 0 Å². The van der Waals surface area contributed by atoms with Crippen LogP contribution in [0.2, 0.25) is 0 Å². The number of nitrogen functional groups attached to an aromatic ring is 1. The van der Waals surface area contributed by atoms with E-state index >= 15 is 0 Å². The van der Waals surface area contributed by atoms with Crippen molar-refractivity contribution in [1.29, 1.82) is 0 Å². The molecule has 8 nitrogen and oxygen atoms in total. The van der Waals surface area contributed by atoms with Crippen molar-refractivity contribution in [2.24, 2.45) is 5.73 Å². The Kier molecular flexibility index (Phi) is 6.55. The van der Waals surface area contributed by atoms with Gasteiger partial charge in [0.25, 0.3) is 5.91 Å². The van der Waals surface area contributed by atoms with Crippen molar-refractivity contribution in [2.45, 2.75) is 20.3 Å². The van der Waals surface area contributed by atoms with Crippen LogP contribution < -0.4 is 16.8 Å². The predicted octanol–water partition coefficient (Wildman–Crippen LogP) is 3.69. The maximum Gasteiger partial charge on any atom is 0.256 e. The quantitative estimate of drug-likeness (QED) is 0.408. The van der Waals surface area contributed by atoms with E-state index in [1.54, 1.807) is 12.4 Å². The highest BCUT2D eigenvalue weighted by atomic mass is 16.1. The monoisotopic (exact) mass is 451 g/mol. The number of nitrogens with one attached hydrogen (secondary N) is 1. The fourth-order valence-electron chi connectivity index (χ4n) is 3.84. The van der Waals surface area contributed by atoms with Crippen LogP contribution in [0.25, 0.3) is 28.2 Å². The number of fused-ring (bicyclic) bond motifs is 2. The van der Waals surface area contributed by atoms with Gasteiger partial charge < -0.3 is 16.8 Å². The van der Waals surface area contributed by atoms with E-state index in [-0.39, 0.29) is 11.4 Å². The second-order valence-corrected chi connectivity index (χ2v) is 7.56. The Morgan fingerprint density at radius 1 is 1.24 bits per heavy atom. The van der Waals surface area contributed by atoms with Gasteiger partial charge in [-0.3, -0.25) is 4.79 Å². The van der Waals surface area contributed by atoms with Gasteiger partial charge in [0.15, 0.2) is 5.82 Å². The van der Waals surface area contributed by atoms with Gasteiger partial charge in [0.05, 0.1) is 17.3 Å². The lowest BCUT2D eigenvalue weighted by Crippen LogP contribution is -2.17. The molecule has 0 atom stereocenters. The Labute approximate surface area is 197 Å². The molecular formula is C26H25N7O. The van der Waals surface area contributed by atoms with E-state index in [1.807, 2.05) is 19.1 Å². The van der Waals surface area contributed by atoms with Crippen LogP contribution in [0, 0.1) is 11.8 Å². The van der Waals surface area contributed by atoms with Crippen molar-refractivity contribution in [1.82, 2.24) is 20.0 Å². The topological polar surface area (TPSA) is 125 Å². The first kappa shape index (κ1) is 22.6. The van der Waals surface area contributed by atoms with Gasteiger partial charge in [0, 0.05) is 18.1 Å². The fourth-order valence-corrected chi connectivity index (χ4v) is 3.84. The third-order valence-electron chi connectivity index (χ3n) is 5.41. The first-order valence-electron chi connectivity index (χ1n) is 10.9. The van der Waals surface area contributed by atoms with Crippen molar-refractivity contribution in [3.8, 4) is 23.0 Å². The molecular weight excluding hydrogens is 426 g/mol. The lowest BCUT2D eigenvalue weighted by molar-refractivity contribution is 0.100. The molecule has 1 amide bonds. The predicted molar refractivity (Wildman–Crippen MR) is 136 cm³/mol. The first-order valence-corrected chi connectivity index (χ1v) is 10.9. The average Bonchev–Trinajstić information content (AvgIpc) is 3.20. The fraction of sp³-hybridized carbons (Fsp3) is 0.154. The number of amides is 1. The number of hydrogen-bond donors (Lipinski definition) is 3. The smallest absolute Gasteiger partial charge is 0.256 e. The molecule has 0 bridgehead atoms. The summed E-state index contributed by atoms with van der Waals surface area (Å²) in [5, 5.41) is 16.3. The molecule has 170 valence electrons. The number of aryl methyl sites for hydroxylation is 1. The summed E-state index contributed by atoms with van der Waals surface area (Å²) in [4.78, 5) is 11.0. The van der Waals surface area contributed by atoms with Crippen molar-refractivity contribution < 1.29 is 4.79 Å². The van der Waals surface area contributed by atoms with Crippen LogP contribution in [0.5, 0.6) is 0 Å². The van der Waals surface area contributed by atoms with Crippen LogP contribution in [0.15, 0.2) is 54.7 Å². The second kappa shape index (κ2) is 9.88. The molecule has 34 heavy (non-hydrogen) atoms. The summed E-state index contributed by atoms with van der Waals surface area (Å²) in [5.74, 6) is 6.21. The van der Waals surface area contributed by atoms with Crippen molar-refractivity contribution in [2.75, 3.05) is 17.6 Å². The molecule has 0 spiro atoms. The molecule has 2 aromatic heterocycles. The lowest BCUT2D eigenvalue weighted by atomic mass is 9.95. The van der Waals surface area contributed by atoms with Gasteiger partial charge in [0.1, 0.15) is 11.4 Å². The zero-order chi connectivity index (χ0) is 24.1. The minimum Gasteiger partial charge on any atom is -0.381 e. The van der Waals surface area contributed by atoms with E-state index in [9.17, 15) is 4.79 Å². The van der Waals surface area contributed by atoms with Crippen molar-refractivity contribution >= 4 is 34.6 Å². The molecule has 0 saturated carbocycles. The molecule has 0 fully saturated rings. The largest absolute Gasteiger partial charge is 0.381 e. The standard InChI is InChI=1S/C19H16N2.C7H9N5O/c1-3-8-16-13-20-21-19-11-14(4-2)17(12-18(16)19)15-9-6-5-7-10-15;8-5-4(6(9)13)7-10-2-1-3-12(7)11-5/h5-7,9-13H,4H2,1-2H3;1,3,10H,2H2,(H2,8,11)(H2,9,13). The molecule has 0 unspecified atom stereocenters. The number of anilines is 2. The van der Waals surface area contributed by atoms with Crippen molar-refractivity contribution in [3.63, 3.8) is 0 Å². The molecule has 8 heteroatoms. The highest BCUT2D eigenvalue weighted by molar-refractivity contribution is 6.02. The number of hydrogen-bond acceptors (Lipinski definition) is 6. The van der Waals surface area contributed by atoms with Crippen LogP contribution in [-0.4, -0.2) is 32.4 Å². The number of benzene rings is 2. The summed E-state index contributed by atoms with van der Waals surface area (Å²) >= 11 is 0. The van der Waals surface area contributed by atoms with Crippen molar-refractivity contribution in [3.05, 3.63) is 71.4 Å². The number of primary amides is 1. The van der Waals surface area contributed by atoms with Crippen LogP contribution in [0.4, 0.5) is 11.6 Å². The van der Waals surface area contributed by atoms with Crippen LogP contribution in [0.3, 0.4) is 0 Å². The van der Waals surface area contributed by atoms with Gasteiger partial charge in [-0.1, -0.05) is 43.2 Å². The Morgan fingerprint density at radius 2 is 2.03 bits per heavy atom. The summed E-state index contributed by atoms with van der Waals surface area (Å²) < 4.78 is 1.50. The maximum atomic E-state index is 11.0. The summed E-state index contributed by atoms with van der Waals surface area (Å²) in [6, 6.07) is 14.8. The molecule has 5 N–H and O–H groups in total. The zero-order valence-corrected chi connectivity index (χ0v) is 19.0. The van der Waals surface area contributed by atoms with E-state index in [0.29, 0.717) is 12.4 Å². The highest BCUT2D eigenvalue weighted by Gasteiger charge is 2.20. The summed E-state index contributed by atoms with van der Waals surface area (Å²) in [7, 11) is 0. The van der Waals surface area contributed by atoms with E-state index < -0.39 is 5.91 Å². The minimum absolute atomic E-state index is 0.154. The molecule has 1 aliphatic rings. The maximum absolute atomic E-state index is 11.0. The molecule has 0 radical (unpaired) electrons. The second-order valence-electron chi connectivity index (χ2n) is 7.56. The number of rotatable bonds is 3. The lowest BCUT2D eigenvalue weighted by Gasteiger charge is -2.10. The third-order valence-corrected chi connectivity index (χ3v) is 5.41. The number of nitrogens with zero attached hydrogens (tertiary/aromatic N) is 4. The Balaban J connectivity index is 0.000000180. The number of carbonyl (C=O) groups excluding carboxylic acids is 1. The summed E-state index contributed by atoms with van der Waals surface area (Å²) in [6.07, 6.45) is 6.30. The molecule has 0 aliphatic carbocycles. The number of nitrogens with two attached hydrogens (primary N) is 2. The van der Waals surface area contributed by atoms with Crippen LogP contribution in [0.1, 0.15) is 35.3 Å². The van der Waals surface area contributed by atoms with Gasteiger partial charge in [-0.2, -0.15) is 10.2 Å². The molecule has 5 rings (SSSR count). The van der Waals surface area contributed by atoms with E-state index in [4.69, 9.17) is 11.5 Å². The summed E-state index contributed by atoms with van der Waals surface area (Å²) in [5.41, 5.74) is 16.5. The van der Waals surface area contributed by atoms with E-state index in [2.05, 4.69) is 75.8 Å². The van der Waals surface area contributed by atoms with E-state index in [0.717, 1.165) is 22.9 Å². The van der Waals surface area contributed by atoms with Gasteiger partial charge >= 0.3 is 0 Å². The van der Waals surface area contributed by atoms with E-state index in [1.165, 1.54) is 21.4 Å². The molecule has 3 heterocycles. The minimum atomic E-state index is -0.568. The number of carbonyl (C=O) groups is 1. The summed E-state index contributed by atoms with van der Waals surface area (Å²) in [6.45, 7) is 4.65. The molecule has 0 saturated heterocycles. The first-order chi connectivity index (χ1) is 16.5. The molecule has 4 aromatic rings. The normalized spacial score (nSPS) is 11.5. The highest BCUT2D eigenvalue weighted by Crippen LogP contribution is 2.29. The average molecular weight is 452 g/mol. The zero-order valence-electron chi connectivity index (χ0n) is 19.0. The third kappa shape index (κ3) is 4.45. The number of aromatic nitrogens is 4. The Bertz CT molecular complexity index is 1440. The Hall–Kier alpha value is -4.64. The van der Waals surface area contributed by atoms with Crippen LogP contribution >= 0.6 is 0 Å². The van der Waals surface area contributed by atoms with Gasteiger partial charge in [-0.25, -0.2) is 4.68 Å². The van der Waals surface area contributed by atoms with Crippen LogP contribution in [-0.2, 0) is 6.42 Å². The molecule has 2 aromatic carbocycles. The SMILES string of the molecule is CC#Cc1cnnc2cc(CC)c(-c3ccccc3)cc12.NC(=O)c1c(N)nn2c1NCC=C2. The van der Waals surface area contributed by atoms with Gasteiger partial charge in [-0.15, -0.1) is 11.0 Å². The Morgan fingerprint density at radius 3 is 2.74 bits per heavy atom. The van der Waals surface area contributed by atoms with Gasteiger partial charge in [-0.05, 0) is 48.2 Å².